The second kappa shape index (κ2) is 14.0. The summed E-state index contributed by atoms with van der Waals surface area (Å²) in [4.78, 5) is 28.4. The van der Waals surface area contributed by atoms with Gasteiger partial charge >= 0.3 is 0 Å². The number of benzene rings is 3. The van der Waals surface area contributed by atoms with Crippen LogP contribution < -0.4 is 14.4 Å². The molecule has 0 aliphatic carbocycles. The van der Waals surface area contributed by atoms with Gasteiger partial charge < -0.3 is 15.0 Å². The maximum absolute atomic E-state index is 14.0. The number of sulfonamides is 1. The van der Waals surface area contributed by atoms with E-state index in [-0.39, 0.29) is 23.3 Å². The van der Waals surface area contributed by atoms with Gasteiger partial charge in [-0.2, -0.15) is 0 Å². The van der Waals surface area contributed by atoms with Gasteiger partial charge in [-0.15, -0.1) is 0 Å². The molecule has 214 valence electrons. The van der Waals surface area contributed by atoms with E-state index < -0.39 is 28.5 Å². The van der Waals surface area contributed by atoms with E-state index in [1.165, 1.54) is 17.0 Å². The first kappa shape index (κ1) is 30.7. The molecule has 9 heteroatoms. The van der Waals surface area contributed by atoms with Crippen LogP contribution in [0, 0.1) is 0 Å². The lowest BCUT2D eigenvalue weighted by Crippen LogP contribution is -2.51. The zero-order chi connectivity index (χ0) is 29.3. The molecule has 0 aromatic heterocycles. The van der Waals surface area contributed by atoms with E-state index >= 15 is 0 Å². The van der Waals surface area contributed by atoms with Gasteiger partial charge in [0, 0.05) is 13.1 Å². The van der Waals surface area contributed by atoms with Crippen LogP contribution in [0.2, 0.25) is 0 Å². The monoisotopic (exact) mass is 565 g/mol. The molecule has 0 unspecified atom stereocenters. The number of nitrogens with one attached hydrogen (secondary N) is 1. The molecule has 1 N–H and O–H groups in total. The Morgan fingerprint density at radius 1 is 0.925 bits per heavy atom. The van der Waals surface area contributed by atoms with E-state index in [1.807, 2.05) is 25.1 Å². The molecule has 0 bridgehead atoms. The highest BCUT2D eigenvalue weighted by Crippen LogP contribution is 2.27. The van der Waals surface area contributed by atoms with Gasteiger partial charge in [0.25, 0.3) is 10.0 Å². The largest absolute Gasteiger partial charge is 0.497 e. The molecule has 0 aliphatic heterocycles. The predicted octanol–water partition coefficient (Wildman–Crippen LogP) is 4.96. The summed E-state index contributed by atoms with van der Waals surface area (Å²) in [6.07, 6.45) is 0.748. The van der Waals surface area contributed by atoms with Crippen molar-refractivity contribution in [1.82, 2.24) is 10.2 Å². The Balaban J connectivity index is 2.02. The van der Waals surface area contributed by atoms with Gasteiger partial charge in [-0.25, -0.2) is 8.42 Å². The number of ether oxygens (including phenoxy) is 1. The average molecular weight is 566 g/mol. The summed E-state index contributed by atoms with van der Waals surface area (Å²) in [5, 5.41) is 2.84. The molecular formula is C31H39N3O5S. The first-order valence-electron chi connectivity index (χ1n) is 13.5. The van der Waals surface area contributed by atoms with Gasteiger partial charge in [0.1, 0.15) is 18.3 Å². The van der Waals surface area contributed by atoms with Gasteiger partial charge in [0.05, 0.1) is 17.7 Å². The Bertz CT molecular complexity index is 1380. The molecule has 0 aliphatic rings. The number of anilines is 1. The number of hydrogen-bond acceptors (Lipinski definition) is 5. The van der Waals surface area contributed by atoms with Crippen LogP contribution in [0.15, 0.2) is 83.8 Å². The van der Waals surface area contributed by atoms with Crippen molar-refractivity contribution in [1.29, 1.82) is 0 Å². The highest BCUT2D eigenvalue weighted by molar-refractivity contribution is 7.92. The SMILES string of the molecule is CCCNC(=O)[C@H](C)N(Cc1cccc(OC)c1)C(=O)CN(c1ccc(C(C)C)cc1)S(=O)(=O)c1ccccc1. The van der Waals surface area contributed by atoms with Crippen molar-refractivity contribution in [2.45, 2.75) is 57.5 Å². The summed E-state index contributed by atoms with van der Waals surface area (Å²) in [6.45, 7) is 7.80. The van der Waals surface area contributed by atoms with E-state index in [0.717, 1.165) is 21.9 Å². The van der Waals surface area contributed by atoms with Gasteiger partial charge in [-0.05, 0) is 66.8 Å². The standard InChI is InChI=1S/C31H39N3O5S/c1-6-19-32-31(36)24(4)33(21-25-11-10-12-28(20-25)39-5)30(35)22-34(27-17-15-26(16-18-27)23(2)3)40(37,38)29-13-8-7-9-14-29/h7-18,20,23-24H,6,19,21-22H2,1-5H3,(H,32,36)/t24-/m0/s1. The first-order valence-corrected chi connectivity index (χ1v) is 14.9. The zero-order valence-electron chi connectivity index (χ0n) is 23.8. The lowest BCUT2D eigenvalue weighted by Gasteiger charge is -2.32. The van der Waals surface area contributed by atoms with Crippen LogP contribution in [0.4, 0.5) is 5.69 Å². The lowest BCUT2D eigenvalue weighted by molar-refractivity contribution is -0.139. The molecule has 3 aromatic carbocycles. The molecule has 0 radical (unpaired) electrons. The lowest BCUT2D eigenvalue weighted by atomic mass is 10.0. The molecule has 0 fully saturated rings. The van der Waals surface area contributed by atoms with Crippen LogP contribution in [0.25, 0.3) is 0 Å². The molecular weight excluding hydrogens is 526 g/mol. The number of rotatable bonds is 13. The second-order valence-electron chi connectivity index (χ2n) is 9.91. The third kappa shape index (κ3) is 7.63. The van der Waals surface area contributed by atoms with Crippen LogP contribution in [0.5, 0.6) is 5.75 Å². The van der Waals surface area contributed by atoms with Crippen molar-refractivity contribution in [2.75, 3.05) is 24.5 Å². The second-order valence-corrected chi connectivity index (χ2v) is 11.8. The smallest absolute Gasteiger partial charge is 0.264 e. The fourth-order valence-corrected chi connectivity index (χ4v) is 5.66. The molecule has 0 saturated heterocycles. The van der Waals surface area contributed by atoms with Crippen LogP contribution in [0.1, 0.15) is 51.2 Å². The van der Waals surface area contributed by atoms with Gasteiger partial charge in [-0.1, -0.05) is 63.2 Å². The maximum atomic E-state index is 14.0. The number of carbonyl (C=O) groups excluding carboxylic acids is 2. The van der Waals surface area contributed by atoms with Gasteiger partial charge in [0.15, 0.2) is 0 Å². The third-order valence-corrected chi connectivity index (χ3v) is 8.45. The number of amides is 2. The van der Waals surface area contributed by atoms with E-state index in [4.69, 9.17) is 4.74 Å². The molecule has 0 spiro atoms. The minimum atomic E-state index is -4.09. The topological polar surface area (TPSA) is 96.0 Å². The van der Waals surface area contributed by atoms with Crippen molar-refractivity contribution < 1.29 is 22.7 Å². The number of carbonyl (C=O) groups is 2. The van der Waals surface area contributed by atoms with Gasteiger partial charge in [-0.3, -0.25) is 13.9 Å². The molecule has 0 saturated carbocycles. The van der Waals surface area contributed by atoms with Crippen LogP contribution in [0.3, 0.4) is 0 Å². The van der Waals surface area contributed by atoms with Crippen molar-refractivity contribution in [3.05, 3.63) is 90.0 Å². The van der Waals surface area contributed by atoms with Crippen molar-refractivity contribution in [2.24, 2.45) is 0 Å². The van der Waals surface area contributed by atoms with Crippen molar-refractivity contribution >= 4 is 27.5 Å². The summed E-state index contributed by atoms with van der Waals surface area (Å²) >= 11 is 0. The Morgan fingerprint density at radius 2 is 1.60 bits per heavy atom. The minimum absolute atomic E-state index is 0.0730. The molecule has 8 nitrogen and oxygen atoms in total. The minimum Gasteiger partial charge on any atom is -0.497 e. The summed E-state index contributed by atoms with van der Waals surface area (Å²) in [6, 6.07) is 21.6. The Kier molecular flexibility index (Phi) is 10.7. The zero-order valence-corrected chi connectivity index (χ0v) is 24.6. The summed E-state index contributed by atoms with van der Waals surface area (Å²) < 4.78 is 34.2. The molecule has 40 heavy (non-hydrogen) atoms. The molecule has 3 aromatic rings. The third-order valence-electron chi connectivity index (χ3n) is 6.66. The fraction of sp³-hybridized carbons (Fsp3) is 0.355. The van der Waals surface area contributed by atoms with Crippen molar-refractivity contribution in [3.63, 3.8) is 0 Å². The highest BCUT2D eigenvalue weighted by atomic mass is 32.2. The summed E-state index contributed by atoms with van der Waals surface area (Å²) in [5.74, 6) is 0.0634. The predicted molar refractivity (Wildman–Crippen MR) is 158 cm³/mol. The van der Waals surface area contributed by atoms with Crippen LogP contribution >= 0.6 is 0 Å². The first-order chi connectivity index (χ1) is 19.1. The summed E-state index contributed by atoms with van der Waals surface area (Å²) in [5.41, 5.74) is 2.17. The number of methoxy groups -OCH3 is 1. The molecule has 3 rings (SSSR count). The maximum Gasteiger partial charge on any atom is 0.264 e. The van der Waals surface area contributed by atoms with E-state index in [0.29, 0.717) is 18.0 Å². The Morgan fingerprint density at radius 3 is 2.20 bits per heavy atom. The highest BCUT2D eigenvalue weighted by Gasteiger charge is 2.32. The van der Waals surface area contributed by atoms with Crippen LogP contribution in [-0.2, 0) is 26.2 Å². The van der Waals surface area contributed by atoms with E-state index in [2.05, 4.69) is 19.2 Å². The van der Waals surface area contributed by atoms with E-state index in [1.54, 1.807) is 62.6 Å². The van der Waals surface area contributed by atoms with Gasteiger partial charge in [0.2, 0.25) is 11.8 Å². The average Bonchev–Trinajstić information content (AvgIpc) is 2.97. The number of hydrogen-bond donors (Lipinski definition) is 1. The quantitative estimate of drug-likeness (QED) is 0.316. The molecule has 1 atom stereocenters. The number of nitrogens with zero attached hydrogens (tertiary/aromatic N) is 2. The fourth-order valence-electron chi connectivity index (χ4n) is 4.22. The normalized spacial score (nSPS) is 12.1. The Labute approximate surface area is 238 Å². The molecule has 0 heterocycles. The van der Waals surface area contributed by atoms with Crippen molar-refractivity contribution in [3.8, 4) is 5.75 Å². The molecule has 2 amide bonds. The summed E-state index contributed by atoms with van der Waals surface area (Å²) in [7, 11) is -2.54. The van der Waals surface area contributed by atoms with E-state index in [9.17, 15) is 18.0 Å². The van der Waals surface area contributed by atoms with Crippen LogP contribution in [-0.4, -0.2) is 51.4 Å². The Hall–Kier alpha value is -3.85.